The summed E-state index contributed by atoms with van der Waals surface area (Å²) in [6.07, 6.45) is 1.01. The van der Waals surface area contributed by atoms with Gasteiger partial charge in [0.25, 0.3) is 0 Å². The molecule has 0 aliphatic heterocycles. The fourth-order valence-corrected chi connectivity index (χ4v) is 2.54. The molecule has 0 unspecified atom stereocenters. The van der Waals surface area contributed by atoms with E-state index in [1.165, 1.54) is 27.7 Å². The number of fused-ring (bicyclic) bond motifs is 1. The van der Waals surface area contributed by atoms with E-state index in [1.807, 2.05) is 0 Å². The maximum Gasteiger partial charge on any atom is 0.208 e. The highest BCUT2D eigenvalue weighted by Crippen LogP contribution is 2.27. The van der Waals surface area contributed by atoms with Crippen molar-refractivity contribution in [3.8, 4) is 0 Å². The minimum Gasteiger partial charge on any atom is -0.330 e. The Bertz CT molecular complexity index is 608. The first-order valence-electron chi connectivity index (χ1n) is 6.91. The van der Waals surface area contributed by atoms with Crippen LogP contribution in [0.15, 0.2) is 36.4 Å². The summed E-state index contributed by atoms with van der Waals surface area (Å²) in [5, 5.41) is 2.63. The topological polar surface area (TPSA) is 29.0 Å². The Balaban J connectivity index is 2.55. The lowest BCUT2D eigenvalue weighted by molar-refractivity contribution is -0.442. The molecule has 2 rings (SSSR count). The van der Waals surface area contributed by atoms with E-state index in [9.17, 15) is 0 Å². The van der Waals surface area contributed by atoms with E-state index >= 15 is 0 Å². The van der Waals surface area contributed by atoms with Gasteiger partial charge in [0.05, 0.1) is 0 Å². The van der Waals surface area contributed by atoms with Crippen LogP contribution in [0.5, 0.6) is 0 Å². The van der Waals surface area contributed by atoms with Crippen molar-refractivity contribution in [2.75, 3.05) is 13.1 Å². The average molecular weight is 255 g/mol. The summed E-state index contributed by atoms with van der Waals surface area (Å²) in [5.74, 6) is 0. The van der Waals surface area contributed by atoms with Crippen molar-refractivity contribution in [1.29, 1.82) is 0 Å². The lowest BCUT2D eigenvalue weighted by Crippen LogP contribution is -2.17. The minimum absolute atomic E-state index is 0.733. The molecule has 19 heavy (non-hydrogen) atoms. The largest absolute Gasteiger partial charge is 0.330 e. The van der Waals surface area contributed by atoms with Gasteiger partial charge in [0, 0.05) is 31.9 Å². The van der Waals surface area contributed by atoms with Gasteiger partial charge in [0.1, 0.15) is 6.54 Å². The molecule has 2 heteroatoms. The quantitative estimate of drug-likeness (QED) is 0.656. The molecule has 0 aliphatic rings. The van der Waals surface area contributed by atoms with E-state index in [4.69, 9.17) is 5.73 Å². The van der Waals surface area contributed by atoms with Crippen LogP contribution in [0.4, 0.5) is 5.69 Å². The molecule has 0 bridgehead atoms. The van der Waals surface area contributed by atoms with Crippen molar-refractivity contribution in [2.24, 2.45) is 5.73 Å². The summed E-state index contributed by atoms with van der Waals surface area (Å²) in [5.41, 5.74) is 9.60. The van der Waals surface area contributed by atoms with Crippen LogP contribution >= 0.6 is 0 Å². The molecular formula is C17H23N2+. The molecule has 0 spiro atoms. The summed E-state index contributed by atoms with van der Waals surface area (Å²) in [4.78, 5) is 0. The molecule has 100 valence electrons. The number of benzene rings is 2. The van der Waals surface area contributed by atoms with Crippen molar-refractivity contribution < 1.29 is 4.58 Å². The molecule has 2 nitrogen and oxygen atoms in total. The van der Waals surface area contributed by atoms with Gasteiger partial charge in [-0.3, -0.25) is 0 Å². The fourth-order valence-electron chi connectivity index (χ4n) is 2.54. The molecule has 0 aromatic heterocycles. The van der Waals surface area contributed by atoms with Gasteiger partial charge in [-0.15, -0.1) is 0 Å². The van der Waals surface area contributed by atoms with Crippen LogP contribution in [0.3, 0.4) is 0 Å². The number of nitrogens with zero attached hydrogens (tertiary/aromatic N) is 1. The summed E-state index contributed by atoms with van der Waals surface area (Å²) < 4.78 is 2.37. The summed E-state index contributed by atoms with van der Waals surface area (Å²) >= 11 is 0. The van der Waals surface area contributed by atoms with Gasteiger partial charge in [-0.25, -0.2) is 4.58 Å². The highest BCUT2D eigenvalue weighted by Gasteiger charge is 2.15. The molecule has 2 aromatic rings. The molecule has 0 heterocycles. The van der Waals surface area contributed by atoms with Crippen LogP contribution in [0, 0.1) is 6.92 Å². The Hall–Kier alpha value is -1.67. The predicted molar refractivity (Wildman–Crippen MR) is 83.5 cm³/mol. The third kappa shape index (κ3) is 2.85. The average Bonchev–Trinajstić information content (AvgIpc) is 2.41. The molecule has 2 N–H and O–H groups in total. The van der Waals surface area contributed by atoms with E-state index in [1.54, 1.807) is 0 Å². The zero-order chi connectivity index (χ0) is 13.8. The van der Waals surface area contributed by atoms with Gasteiger partial charge in [-0.1, -0.05) is 24.3 Å². The van der Waals surface area contributed by atoms with Gasteiger partial charge in [0.2, 0.25) is 5.69 Å². The Labute approximate surface area is 115 Å². The van der Waals surface area contributed by atoms with Crippen LogP contribution in [-0.4, -0.2) is 23.4 Å². The molecular weight excluding hydrogens is 232 g/mol. The second kappa shape index (κ2) is 5.98. The Morgan fingerprint density at radius 2 is 1.84 bits per heavy atom. The zero-order valence-electron chi connectivity index (χ0n) is 12.1. The van der Waals surface area contributed by atoms with Gasteiger partial charge in [-0.2, -0.15) is 0 Å². The highest BCUT2D eigenvalue weighted by molar-refractivity contribution is 5.89. The molecule has 0 radical (unpaired) electrons. The lowest BCUT2D eigenvalue weighted by Gasteiger charge is -2.10. The monoisotopic (exact) mass is 255 g/mol. The van der Waals surface area contributed by atoms with E-state index in [-0.39, 0.29) is 0 Å². The third-order valence-electron chi connectivity index (χ3n) is 3.59. The maximum atomic E-state index is 5.65. The summed E-state index contributed by atoms with van der Waals surface area (Å²) in [6, 6.07) is 13.0. The maximum absolute atomic E-state index is 5.65. The lowest BCUT2D eigenvalue weighted by atomic mass is 10.0. The summed E-state index contributed by atoms with van der Waals surface area (Å²) in [7, 11) is 0. The van der Waals surface area contributed by atoms with Crippen LogP contribution in [0.2, 0.25) is 0 Å². The van der Waals surface area contributed by atoms with Crippen molar-refractivity contribution >= 4 is 22.2 Å². The second-order valence-electron chi connectivity index (χ2n) is 5.17. The standard InChI is InChI=1S/C17H23N2/c1-13(2)19(12-6-11-18)17-10-9-15-7-4-5-8-16(15)14(17)3/h4-5,7-10H,6,11-12,18H2,1-3H3/q+1. The SMILES string of the molecule is CC(C)=[N+](CCCN)c1ccc2ccccc2c1C. The number of hydrogen-bond donors (Lipinski definition) is 1. The van der Waals surface area contributed by atoms with E-state index in [0.717, 1.165) is 19.5 Å². The van der Waals surface area contributed by atoms with Crippen LogP contribution in [0.1, 0.15) is 25.8 Å². The van der Waals surface area contributed by atoms with E-state index < -0.39 is 0 Å². The number of aryl methyl sites for hydroxylation is 1. The van der Waals surface area contributed by atoms with Gasteiger partial charge < -0.3 is 5.73 Å². The number of rotatable bonds is 4. The van der Waals surface area contributed by atoms with Gasteiger partial charge in [-0.05, 0) is 30.3 Å². The van der Waals surface area contributed by atoms with Crippen LogP contribution < -0.4 is 5.73 Å². The second-order valence-corrected chi connectivity index (χ2v) is 5.17. The first kappa shape index (κ1) is 13.8. The van der Waals surface area contributed by atoms with E-state index in [2.05, 4.69) is 61.7 Å². The third-order valence-corrected chi connectivity index (χ3v) is 3.59. The van der Waals surface area contributed by atoms with E-state index in [0.29, 0.717) is 0 Å². The van der Waals surface area contributed by atoms with Crippen molar-refractivity contribution in [1.82, 2.24) is 0 Å². The van der Waals surface area contributed by atoms with Crippen molar-refractivity contribution in [2.45, 2.75) is 27.2 Å². The summed E-state index contributed by atoms with van der Waals surface area (Å²) in [6.45, 7) is 8.24. The Morgan fingerprint density at radius 3 is 2.53 bits per heavy atom. The molecule has 0 saturated carbocycles. The Kier molecular flexibility index (Phi) is 4.33. The molecule has 0 aliphatic carbocycles. The first-order valence-corrected chi connectivity index (χ1v) is 6.91. The molecule has 0 atom stereocenters. The number of hydrogen-bond acceptors (Lipinski definition) is 1. The molecule has 0 saturated heterocycles. The smallest absolute Gasteiger partial charge is 0.208 e. The normalized spacial score (nSPS) is 10.7. The molecule has 0 fully saturated rings. The first-order chi connectivity index (χ1) is 9.15. The van der Waals surface area contributed by atoms with Gasteiger partial charge >= 0.3 is 0 Å². The fraction of sp³-hybridized carbons (Fsp3) is 0.353. The highest BCUT2D eigenvalue weighted by atomic mass is 15.0. The zero-order valence-corrected chi connectivity index (χ0v) is 12.1. The minimum atomic E-state index is 0.733. The van der Waals surface area contributed by atoms with Crippen molar-refractivity contribution in [3.05, 3.63) is 42.0 Å². The molecule has 0 amide bonds. The Morgan fingerprint density at radius 1 is 1.11 bits per heavy atom. The number of nitrogens with two attached hydrogens (primary N) is 1. The van der Waals surface area contributed by atoms with Crippen molar-refractivity contribution in [3.63, 3.8) is 0 Å². The molecule has 2 aromatic carbocycles. The predicted octanol–water partition coefficient (Wildman–Crippen LogP) is 3.62. The van der Waals surface area contributed by atoms with Crippen LogP contribution in [-0.2, 0) is 0 Å². The van der Waals surface area contributed by atoms with Gasteiger partial charge in [0.15, 0.2) is 5.71 Å². The van der Waals surface area contributed by atoms with Crippen LogP contribution in [0.25, 0.3) is 10.8 Å².